The van der Waals surface area contributed by atoms with Crippen molar-refractivity contribution < 1.29 is 8.78 Å². The number of hydrogen-bond donors (Lipinski definition) is 0. The van der Waals surface area contributed by atoms with Gasteiger partial charge in [-0.15, -0.1) is 0 Å². The van der Waals surface area contributed by atoms with Crippen LogP contribution in [0, 0.1) is 11.8 Å². The third-order valence-corrected chi connectivity index (χ3v) is 2.72. The molecule has 2 rings (SSSR count). The molecular formula is C11H5BrClF2N. The van der Waals surface area contributed by atoms with Gasteiger partial charge in [0, 0.05) is 21.8 Å². The van der Waals surface area contributed by atoms with Crippen LogP contribution < -0.4 is 0 Å². The van der Waals surface area contributed by atoms with Crippen LogP contribution in [0.4, 0.5) is 8.78 Å². The van der Waals surface area contributed by atoms with E-state index in [1.165, 1.54) is 30.5 Å². The number of rotatable bonds is 1. The van der Waals surface area contributed by atoms with Gasteiger partial charge < -0.3 is 0 Å². The molecule has 16 heavy (non-hydrogen) atoms. The summed E-state index contributed by atoms with van der Waals surface area (Å²) in [5, 5.41) is 0.260. The van der Waals surface area contributed by atoms with Crippen molar-refractivity contribution in [1.82, 2.24) is 4.98 Å². The molecule has 1 heterocycles. The third-order valence-electron chi connectivity index (χ3n) is 2.02. The minimum atomic E-state index is -0.749. The van der Waals surface area contributed by atoms with Crippen LogP contribution in [0.25, 0.3) is 11.1 Å². The van der Waals surface area contributed by atoms with Crippen LogP contribution in [-0.2, 0) is 0 Å². The Morgan fingerprint density at radius 1 is 1.12 bits per heavy atom. The minimum Gasteiger partial charge on any atom is -0.226 e. The van der Waals surface area contributed by atoms with Crippen LogP contribution in [0.15, 0.2) is 34.9 Å². The van der Waals surface area contributed by atoms with Gasteiger partial charge in [-0.25, -0.2) is 9.37 Å². The maximum absolute atomic E-state index is 13.5. The van der Waals surface area contributed by atoms with Crippen molar-refractivity contribution in [2.24, 2.45) is 0 Å². The van der Waals surface area contributed by atoms with Gasteiger partial charge in [0.25, 0.3) is 0 Å². The fourth-order valence-corrected chi connectivity index (χ4v) is 1.83. The second kappa shape index (κ2) is 4.47. The lowest BCUT2D eigenvalue weighted by Crippen LogP contribution is -1.91. The second-order valence-electron chi connectivity index (χ2n) is 3.12. The van der Waals surface area contributed by atoms with E-state index in [4.69, 9.17) is 11.6 Å². The maximum atomic E-state index is 13.5. The number of pyridine rings is 1. The summed E-state index contributed by atoms with van der Waals surface area (Å²) in [6.45, 7) is 0. The average Bonchev–Trinajstić information content (AvgIpc) is 2.25. The Bertz CT molecular complexity index is 496. The third kappa shape index (κ3) is 2.23. The van der Waals surface area contributed by atoms with Crippen LogP contribution in [-0.4, -0.2) is 4.98 Å². The van der Waals surface area contributed by atoms with Gasteiger partial charge in [0.1, 0.15) is 5.82 Å². The van der Waals surface area contributed by atoms with Crippen molar-refractivity contribution >= 4 is 27.5 Å². The Morgan fingerprint density at radius 3 is 2.62 bits per heavy atom. The molecule has 82 valence electrons. The summed E-state index contributed by atoms with van der Waals surface area (Å²) in [4.78, 5) is 3.45. The van der Waals surface area contributed by atoms with E-state index < -0.39 is 11.8 Å². The van der Waals surface area contributed by atoms with Gasteiger partial charge in [0.15, 0.2) is 0 Å². The Hall–Kier alpha value is -1.00. The molecule has 0 bridgehead atoms. The van der Waals surface area contributed by atoms with Gasteiger partial charge in [-0.3, -0.25) is 0 Å². The zero-order valence-corrected chi connectivity index (χ0v) is 10.2. The quantitative estimate of drug-likeness (QED) is 0.710. The van der Waals surface area contributed by atoms with Crippen molar-refractivity contribution in [3.05, 3.63) is 51.7 Å². The summed E-state index contributed by atoms with van der Waals surface area (Å²) in [5.41, 5.74) is 0.174. The van der Waals surface area contributed by atoms with Gasteiger partial charge >= 0.3 is 0 Å². The van der Waals surface area contributed by atoms with Crippen molar-refractivity contribution in [2.75, 3.05) is 0 Å². The van der Waals surface area contributed by atoms with E-state index in [1.54, 1.807) is 0 Å². The van der Waals surface area contributed by atoms with Crippen molar-refractivity contribution in [3.63, 3.8) is 0 Å². The normalized spacial score (nSPS) is 10.5. The molecule has 0 aliphatic heterocycles. The molecule has 2 aromatic rings. The summed E-state index contributed by atoms with van der Waals surface area (Å²) in [6, 6.07) is 5.61. The Morgan fingerprint density at radius 2 is 1.88 bits per heavy atom. The van der Waals surface area contributed by atoms with E-state index in [9.17, 15) is 8.78 Å². The Balaban J connectivity index is 2.66. The summed E-state index contributed by atoms with van der Waals surface area (Å²) in [5.74, 6) is -1.27. The number of hydrogen-bond acceptors (Lipinski definition) is 1. The zero-order valence-electron chi connectivity index (χ0n) is 7.85. The predicted molar refractivity (Wildman–Crippen MR) is 62.3 cm³/mol. The molecule has 0 atom stereocenters. The first-order valence-electron chi connectivity index (χ1n) is 4.34. The summed E-state index contributed by atoms with van der Waals surface area (Å²) in [6.07, 6.45) is 1.18. The molecule has 1 nitrogen and oxygen atoms in total. The molecular weight excluding hydrogens is 299 g/mol. The Labute approximate surface area is 104 Å². The van der Waals surface area contributed by atoms with Crippen molar-refractivity contribution in [2.45, 2.75) is 0 Å². The monoisotopic (exact) mass is 303 g/mol. The van der Waals surface area contributed by atoms with Crippen LogP contribution in [0.3, 0.4) is 0 Å². The van der Waals surface area contributed by atoms with E-state index in [-0.39, 0.29) is 16.1 Å². The van der Waals surface area contributed by atoms with Crippen LogP contribution >= 0.6 is 27.5 Å². The number of nitrogens with zero attached hydrogens (tertiary/aromatic N) is 1. The fraction of sp³-hybridized carbons (Fsp3) is 0. The van der Waals surface area contributed by atoms with Gasteiger partial charge in [-0.1, -0.05) is 27.5 Å². The molecule has 0 amide bonds. The molecule has 0 unspecified atom stereocenters. The molecule has 1 aromatic heterocycles. The topological polar surface area (TPSA) is 12.9 Å². The number of aromatic nitrogens is 1. The van der Waals surface area contributed by atoms with Gasteiger partial charge in [-0.2, -0.15) is 4.39 Å². The zero-order chi connectivity index (χ0) is 11.7. The van der Waals surface area contributed by atoms with Crippen molar-refractivity contribution in [1.29, 1.82) is 0 Å². The van der Waals surface area contributed by atoms with Gasteiger partial charge in [0.05, 0.1) is 5.02 Å². The predicted octanol–water partition coefficient (Wildman–Crippen LogP) is 4.44. The van der Waals surface area contributed by atoms with Gasteiger partial charge in [-0.05, 0) is 24.3 Å². The summed E-state index contributed by atoms with van der Waals surface area (Å²) < 4.78 is 27.6. The molecule has 0 N–H and O–H groups in total. The molecule has 0 saturated heterocycles. The lowest BCUT2D eigenvalue weighted by molar-refractivity contribution is 0.583. The lowest BCUT2D eigenvalue weighted by Gasteiger charge is -2.05. The maximum Gasteiger partial charge on any atom is 0.220 e. The number of halogens is 4. The molecule has 0 fully saturated rings. The molecule has 0 spiro atoms. The molecule has 0 aliphatic rings. The summed E-state index contributed by atoms with van der Waals surface area (Å²) in [7, 11) is 0. The molecule has 1 aromatic carbocycles. The first kappa shape index (κ1) is 11.5. The number of benzene rings is 1. The fourth-order valence-electron chi connectivity index (χ4n) is 1.32. The largest absolute Gasteiger partial charge is 0.226 e. The first-order chi connectivity index (χ1) is 7.58. The van der Waals surface area contributed by atoms with E-state index in [1.807, 2.05) is 0 Å². The highest BCUT2D eigenvalue weighted by Crippen LogP contribution is 2.29. The van der Waals surface area contributed by atoms with E-state index in [2.05, 4.69) is 20.9 Å². The molecule has 5 heteroatoms. The molecule has 0 saturated carbocycles. The molecule has 0 aliphatic carbocycles. The van der Waals surface area contributed by atoms with E-state index in [0.717, 1.165) is 0 Å². The van der Waals surface area contributed by atoms with Crippen LogP contribution in [0.2, 0.25) is 5.02 Å². The van der Waals surface area contributed by atoms with Crippen LogP contribution in [0.5, 0.6) is 0 Å². The van der Waals surface area contributed by atoms with E-state index in [0.29, 0.717) is 4.47 Å². The smallest absolute Gasteiger partial charge is 0.220 e. The van der Waals surface area contributed by atoms with Crippen molar-refractivity contribution in [3.8, 4) is 11.1 Å². The average molecular weight is 305 g/mol. The molecule has 0 radical (unpaired) electrons. The second-order valence-corrected chi connectivity index (χ2v) is 4.47. The highest BCUT2D eigenvalue weighted by Gasteiger charge is 2.12. The van der Waals surface area contributed by atoms with Crippen LogP contribution in [0.1, 0.15) is 0 Å². The lowest BCUT2D eigenvalue weighted by atomic mass is 10.1. The SMILES string of the molecule is Fc1ccc(Br)cc1-c1cc(Cl)cnc1F. The van der Waals surface area contributed by atoms with Gasteiger partial charge in [0.2, 0.25) is 5.95 Å². The first-order valence-corrected chi connectivity index (χ1v) is 5.51. The highest BCUT2D eigenvalue weighted by atomic mass is 79.9. The van der Waals surface area contributed by atoms with E-state index >= 15 is 0 Å². The highest BCUT2D eigenvalue weighted by molar-refractivity contribution is 9.10. The summed E-state index contributed by atoms with van der Waals surface area (Å²) >= 11 is 8.89. The Kier molecular flexibility index (Phi) is 3.21. The standard InChI is InChI=1S/C11H5BrClF2N/c12-6-1-2-10(14)8(3-6)9-4-7(13)5-16-11(9)15/h1-5H. The minimum absolute atomic E-state index is 0.0475.